The maximum Gasteiger partial charge on any atom is 0.237 e. The van der Waals surface area contributed by atoms with E-state index >= 15 is 0 Å². The lowest BCUT2D eigenvalue weighted by Crippen LogP contribution is -2.50. The van der Waals surface area contributed by atoms with E-state index in [9.17, 15) is 4.79 Å². The molecule has 106 valence electrons. The molecule has 2 N–H and O–H groups in total. The summed E-state index contributed by atoms with van der Waals surface area (Å²) in [6, 6.07) is 7.39. The van der Waals surface area contributed by atoms with Gasteiger partial charge in [0.25, 0.3) is 0 Å². The van der Waals surface area contributed by atoms with Crippen LogP contribution in [0.5, 0.6) is 0 Å². The van der Waals surface area contributed by atoms with Crippen LogP contribution in [0.2, 0.25) is 5.02 Å². The van der Waals surface area contributed by atoms with E-state index in [-0.39, 0.29) is 17.5 Å². The number of nitrogens with one attached hydrogen (secondary N) is 2. The maximum atomic E-state index is 12.0. The van der Waals surface area contributed by atoms with Crippen LogP contribution in [0.1, 0.15) is 39.7 Å². The fourth-order valence-corrected chi connectivity index (χ4v) is 1.73. The average molecular weight is 283 g/mol. The number of benzene rings is 1. The third-order valence-electron chi connectivity index (χ3n) is 3.30. The van der Waals surface area contributed by atoms with Gasteiger partial charge in [-0.3, -0.25) is 4.79 Å². The zero-order valence-corrected chi connectivity index (χ0v) is 12.8. The summed E-state index contributed by atoms with van der Waals surface area (Å²) in [7, 11) is 0. The van der Waals surface area contributed by atoms with Crippen LogP contribution in [0, 0.1) is 0 Å². The van der Waals surface area contributed by atoms with Gasteiger partial charge in [-0.25, -0.2) is 0 Å². The highest BCUT2D eigenvalue weighted by Gasteiger charge is 2.21. The SMILES string of the molecule is CCC(C)(C)NC(=O)C(C)NCc1ccccc1Cl. The molecule has 0 heterocycles. The molecule has 0 spiro atoms. The minimum Gasteiger partial charge on any atom is -0.350 e. The van der Waals surface area contributed by atoms with Crippen molar-refractivity contribution in [2.75, 3.05) is 0 Å². The van der Waals surface area contributed by atoms with Crippen molar-refractivity contribution in [1.82, 2.24) is 10.6 Å². The van der Waals surface area contributed by atoms with Crippen molar-refractivity contribution in [2.24, 2.45) is 0 Å². The first-order valence-corrected chi connectivity index (χ1v) is 7.02. The molecule has 0 aliphatic carbocycles. The lowest BCUT2D eigenvalue weighted by molar-refractivity contribution is -0.124. The van der Waals surface area contributed by atoms with Crippen LogP contribution in [0.3, 0.4) is 0 Å². The van der Waals surface area contributed by atoms with Crippen molar-refractivity contribution in [3.05, 3.63) is 34.9 Å². The Morgan fingerprint density at radius 1 is 1.37 bits per heavy atom. The molecule has 3 nitrogen and oxygen atoms in total. The van der Waals surface area contributed by atoms with Gasteiger partial charge in [0.15, 0.2) is 0 Å². The summed E-state index contributed by atoms with van der Waals surface area (Å²) in [5.41, 5.74) is 0.829. The molecule has 0 radical (unpaired) electrons. The van der Waals surface area contributed by atoms with E-state index in [1.165, 1.54) is 0 Å². The van der Waals surface area contributed by atoms with Gasteiger partial charge in [-0.05, 0) is 38.8 Å². The van der Waals surface area contributed by atoms with Gasteiger partial charge in [0.1, 0.15) is 0 Å². The molecule has 1 amide bonds. The van der Waals surface area contributed by atoms with Gasteiger partial charge in [0.05, 0.1) is 6.04 Å². The Kier molecular flexibility index (Phi) is 5.83. The number of amides is 1. The van der Waals surface area contributed by atoms with E-state index in [2.05, 4.69) is 17.6 Å². The Labute approximate surface area is 120 Å². The molecule has 1 rings (SSSR count). The van der Waals surface area contributed by atoms with Crippen molar-refractivity contribution in [3.63, 3.8) is 0 Å². The van der Waals surface area contributed by atoms with Gasteiger partial charge in [-0.2, -0.15) is 0 Å². The van der Waals surface area contributed by atoms with Crippen molar-refractivity contribution in [1.29, 1.82) is 0 Å². The van der Waals surface area contributed by atoms with Crippen LogP contribution < -0.4 is 10.6 Å². The Balaban J connectivity index is 2.50. The summed E-state index contributed by atoms with van der Waals surface area (Å²) in [5, 5.41) is 6.93. The highest BCUT2D eigenvalue weighted by Crippen LogP contribution is 2.14. The van der Waals surface area contributed by atoms with E-state index in [4.69, 9.17) is 11.6 Å². The molecule has 1 aromatic rings. The Morgan fingerprint density at radius 2 is 2.00 bits per heavy atom. The number of carbonyl (C=O) groups excluding carboxylic acids is 1. The molecule has 19 heavy (non-hydrogen) atoms. The fourth-order valence-electron chi connectivity index (χ4n) is 1.53. The smallest absolute Gasteiger partial charge is 0.237 e. The second kappa shape index (κ2) is 6.92. The average Bonchev–Trinajstić information content (AvgIpc) is 2.37. The molecule has 0 fully saturated rings. The lowest BCUT2D eigenvalue weighted by Gasteiger charge is -2.26. The Hall–Kier alpha value is -1.06. The molecule has 1 unspecified atom stereocenters. The van der Waals surface area contributed by atoms with Crippen LogP contribution in [0.25, 0.3) is 0 Å². The molecule has 0 aromatic heterocycles. The van der Waals surface area contributed by atoms with Crippen LogP contribution in [-0.4, -0.2) is 17.5 Å². The monoisotopic (exact) mass is 282 g/mol. The van der Waals surface area contributed by atoms with Crippen molar-refractivity contribution >= 4 is 17.5 Å². The predicted octanol–water partition coefficient (Wildman–Crippen LogP) is 3.12. The van der Waals surface area contributed by atoms with Crippen LogP contribution in [0.15, 0.2) is 24.3 Å². The molecule has 1 atom stereocenters. The quantitative estimate of drug-likeness (QED) is 0.842. The normalized spacial score (nSPS) is 13.1. The van der Waals surface area contributed by atoms with E-state index < -0.39 is 0 Å². The minimum atomic E-state index is -0.248. The van der Waals surface area contributed by atoms with E-state index in [1.54, 1.807) is 0 Å². The lowest BCUT2D eigenvalue weighted by atomic mass is 10.0. The summed E-state index contributed by atoms with van der Waals surface area (Å²) < 4.78 is 0. The highest BCUT2D eigenvalue weighted by atomic mass is 35.5. The number of hydrogen-bond acceptors (Lipinski definition) is 2. The first-order chi connectivity index (χ1) is 8.85. The molecule has 0 aliphatic rings. The summed E-state index contributed by atoms with van der Waals surface area (Å²) in [6.07, 6.45) is 0.899. The molecule has 0 saturated heterocycles. The topological polar surface area (TPSA) is 41.1 Å². The summed E-state index contributed by atoms with van der Waals surface area (Å²) >= 11 is 6.08. The number of hydrogen-bond donors (Lipinski definition) is 2. The molecule has 0 aliphatic heterocycles. The zero-order valence-electron chi connectivity index (χ0n) is 12.1. The summed E-state index contributed by atoms with van der Waals surface area (Å²) in [4.78, 5) is 12.0. The maximum absolute atomic E-state index is 12.0. The van der Waals surface area contributed by atoms with E-state index in [0.717, 1.165) is 17.0 Å². The molecular formula is C15H23ClN2O. The molecule has 1 aromatic carbocycles. The molecule has 0 bridgehead atoms. The number of carbonyl (C=O) groups is 1. The first kappa shape index (κ1) is 16.0. The second-order valence-electron chi connectivity index (χ2n) is 5.42. The summed E-state index contributed by atoms with van der Waals surface area (Å²) in [5.74, 6) is 0.0129. The first-order valence-electron chi connectivity index (χ1n) is 6.64. The standard InChI is InChI=1S/C15H23ClN2O/c1-5-15(3,4)18-14(19)11(2)17-10-12-8-6-7-9-13(12)16/h6-9,11,17H,5,10H2,1-4H3,(H,18,19). The van der Waals surface area contributed by atoms with E-state index in [0.29, 0.717) is 6.54 Å². The molecule has 0 saturated carbocycles. The van der Waals surface area contributed by atoms with Gasteiger partial charge >= 0.3 is 0 Å². The Morgan fingerprint density at radius 3 is 2.58 bits per heavy atom. The van der Waals surface area contributed by atoms with Gasteiger partial charge in [0.2, 0.25) is 5.91 Å². The fraction of sp³-hybridized carbons (Fsp3) is 0.533. The summed E-state index contributed by atoms with van der Waals surface area (Å²) in [6.45, 7) is 8.54. The number of rotatable bonds is 6. The van der Waals surface area contributed by atoms with Crippen LogP contribution >= 0.6 is 11.6 Å². The third kappa shape index (κ3) is 5.21. The van der Waals surface area contributed by atoms with Gasteiger partial charge in [-0.1, -0.05) is 36.7 Å². The third-order valence-corrected chi connectivity index (χ3v) is 3.66. The van der Waals surface area contributed by atoms with Gasteiger partial charge in [-0.15, -0.1) is 0 Å². The predicted molar refractivity (Wildman–Crippen MR) is 80.3 cm³/mol. The van der Waals surface area contributed by atoms with Gasteiger partial charge < -0.3 is 10.6 Å². The van der Waals surface area contributed by atoms with Crippen molar-refractivity contribution < 1.29 is 4.79 Å². The van der Waals surface area contributed by atoms with E-state index in [1.807, 2.05) is 45.0 Å². The zero-order chi connectivity index (χ0) is 14.5. The van der Waals surface area contributed by atoms with Crippen LogP contribution in [0.4, 0.5) is 0 Å². The van der Waals surface area contributed by atoms with Crippen molar-refractivity contribution in [2.45, 2.75) is 52.2 Å². The number of halogens is 1. The second-order valence-corrected chi connectivity index (χ2v) is 5.83. The molecule has 4 heteroatoms. The van der Waals surface area contributed by atoms with Gasteiger partial charge in [0, 0.05) is 17.1 Å². The largest absolute Gasteiger partial charge is 0.350 e. The van der Waals surface area contributed by atoms with Crippen molar-refractivity contribution in [3.8, 4) is 0 Å². The molecular weight excluding hydrogens is 260 g/mol. The highest BCUT2D eigenvalue weighted by molar-refractivity contribution is 6.31. The Bertz CT molecular complexity index is 432. The van der Waals surface area contributed by atoms with Crippen LogP contribution in [-0.2, 0) is 11.3 Å². The minimum absolute atomic E-state index is 0.0129.